The minimum atomic E-state index is 0.617. The molecule has 11 nitrogen and oxygen atoms in total. The minimum Gasteiger partial charge on any atom is -0.379 e. The quantitative estimate of drug-likeness (QED) is 0.378. The molecule has 3 aliphatic heterocycles. The summed E-state index contributed by atoms with van der Waals surface area (Å²) in [5, 5.41) is 0. The van der Waals surface area contributed by atoms with E-state index in [4.69, 9.17) is 29.4 Å². The average Bonchev–Trinajstić information content (AvgIpc) is 3.48. The van der Waals surface area contributed by atoms with E-state index < -0.39 is 0 Å². The molecule has 38 heavy (non-hydrogen) atoms. The molecular weight excluding hydrogens is 482 g/mol. The number of para-hydroxylation sites is 2. The van der Waals surface area contributed by atoms with E-state index in [1.54, 1.807) is 0 Å². The Morgan fingerprint density at radius 1 is 0.868 bits per heavy atom. The molecule has 1 aromatic carbocycles. The van der Waals surface area contributed by atoms with Crippen LogP contribution in [0.15, 0.2) is 24.3 Å². The summed E-state index contributed by atoms with van der Waals surface area (Å²) < 4.78 is 15.4. The zero-order valence-corrected chi connectivity index (χ0v) is 22.2. The fourth-order valence-corrected chi connectivity index (χ4v) is 5.90. The number of rotatable bonds is 6. The van der Waals surface area contributed by atoms with E-state index in [0.717, 1.165) is 105 Å². The van der Waals surface area contributed by atoms with Crippen LogP contribution in [-0.2, 0) is 29.5 Å². The summed E-state index contributed by atoms with van der Waals surface area (Å²) in [7, 11) is 2.08. The van der Waals surface area contributed by atoms with Gasteiger partial charge < -0.3 is 18.9 Å². The molecule has 3 aliphatic rings. The van der Waals surface area contributed by atoms with E-state index in [1.165, 1.54) is 0 Å². The molecule has 3 aromatic heterocycles. The number of fused-ring (bicyclic) bond motifs is 2. The van der Waals surface area contributed by atoms with Crippen LogP contribution >= 0.6 is 0 Å². The Kier molecular flexibility index (Phi) is 6.23. The number of aryl methyl sites for hydroxylation is 2. The Bertz CT molecular complexity index is 1450. The molecule has 0 saturated carbocycles. The number of benzene rings is 1. The lowest BCUT2D eigenvalue weighted by Crippen LogP contribution is -2.61. The maximum absolute atomic E-state index is 5.65. The van der Waals surface area contributed by atoms with Crippen molar-refractivity contribution < 1.29 is 9.47 Å². The van der Waals surface area contributed by atoms with E-state index in [9.17, 15) is 0 Å². The van der Waals surface area contributed by atoms with Crippen LogP contribution in [0, 0.1) is 0 Å². The van der Waals surface area contributed by atoms with Gasteiger partial charge in [-0.1, -0.05) is 19.1 Å². The number of aromatic nitrogens is 6. The number of likely N-dealkylation sites (tertiary alicyclic amines) is 1. The van der Waals surface area contributed by atoms with Gasteiger partial charge in [0.15, 0.2) is 17.0 Å². The van der Waals surface area contributed by atoms with Gasteiger partial charge in [-0.15, -0.1) is 0 Å². The van der Waals surface area contributed by atoms with Gasteiger partial charge >= 0.3 is 0 Å². The van der Waals surface area contributed by atoms with Crippen LogP contribution in [0.5, 0.6) is 0 Å². The second kappa shape index (κ2) is 9.88. The first-order valence-electron chi connectivity index (χ1n) is 13.8. The molecule has 7 rings (SSSR count). The van der Waals surface area contributed by atoms with Gasteiger partial charge in [0.05, 0.1) is 44.0 Å². The molecule has 11 heteroatoms. The normalized spacial score (nSPS) is 20.0. The fourth-order valence-electron chi connectivity index (χ4n) is 5.90. The van der Waals surface area contributed by atoms with Gasteiger partial charge in [-0.05, 0) is 12.1 Å². The zero-order chi connectivity index (χ0) is 25.6. The predicted molar refractivity (Wildman–Crippen MR) is 145 cm³/mol. The Morgan fingerprint density at radius 2 is 1.61 bits per heavy atom. The van der Waals surface area contributed by atoms with Crippen molar-refractivity contribution in [2.24, 2.45) is 7.05 Å². The molecule has 6 heterocycles. The van der Waals surface area contributed by atoms with Gasteiger partial charge in [0.2, 0.25) is 5.95 Å². The van der Waals surface area contributed by atoms with Crippen molar-refractivity contribution in [1.29, 1.82) is 0 Å². The van der Waals surface area contributed by atoms with Crippen molar-refractivity contribution in [2.75, 3.05) is 70.6 Å². The van der Waals surface area contributed by atoms with E-state index >= 15 is 0 Å². The van der Waals surface area contributed by atoms with E-state index in [-0.39, 0.29) is 0 Å². The standard InChI is InChI=1S/C27H35N9O2/c1-3-22-28-20-6-4-5-7-21(20)36(22)27-30-25-24(26(31-27)35-10-14-38-15-11-35)29-23(32(25)2)18-33-16-19(17-33)34-8-12-37-13-9-34/h4-7,19H,3,8-18H2,1-2H3. The van der Waals surface area contributed by atoms with E-state index in [2.05, 4.69) is 43.9 Å². The molecule has 3 saturated heterocycles. The second-order valence-electron chi connectivity index (χ2n) is 10.4. The van der Waals surface area contributed by atoms with Gasteiger partial charge in [-0.3, -0.25) is 14.4 Å². The summed E-state index contributed by atoms with van der Waals surface area (Å²) in [6.45, 7) is 11.8. The number of hydrogen-bond acceptors (Lipinski definition) is 9. The highest BCUT2D eigenvalue weighted by Gasteiger charge is 2.33. The highest BCUT2D eigenvalue weighted by molar-refractivity contribution is 5.86. The Labute approximate surface area is 222 Å². The van der Waals surface area contributed by atoms with Crippen molar-refractivity contribution in [1.82, 2.24) is 38.9 Å². The van der Waals surface area contributed by atoms with Gasteiger partial charge in [-0.2, -0.15) is 9.97 Å². The molecule has 200 valence electrons. The zero-order valence-electron chi connectivity index (χ0n) is 22.2. The Hall–Kier alpha value is -3.12. The molecule has 0 radical (unpaired) electrons. The van der Waals surface area contributed by atoms with Crippen LogP contribution in [0.4, 0.5) is 5.82 Å². The third kappa shape index (κ3) is 4.14. The molecule has 0 spiro atoms. The monoisotopic (exact) mass is 517 g/mol. The van der Waals surface area contributed by atoms with Crippen LogP contribution in [-0.4, -0.2) is 111 Å². The van der Waals surface area contributed by atoms with Gasteiger partial charge in [0.1, 0.15) is 11.6 Å². The lowest BCUT2D eigenvalue weighted by Gasteiger charge is -2.46. The van der Waals surface area contributed by atoms with Crippen molar-refractivity contribution in [2.45, 2.75) is 25.9 Å². The average molecular weight is 518 g/mol. The topological polar surface area (TPSA) is 89.6 Å². The van der Waals surface area contributed by atoms with Gasteiger partial charge in [-0.25, -0.2) is 9.97 Å². The first-order chi connectivity index (χ1) is 18.7. The fraction of sp³-hybridized carbons (Fsp3) is 0.556. The second-order valence-corrected chi connectivity index (χ2v) is 10.4. The summed E-state index contributed by atoms with van der Waals surface area (Å²) in [4.78, 5) is 27.6. The summed E-state index contributed by atoms with van der Waals surface area (Å²) >= 11 is 0. The van der Waals surface area contributed by atoms with Crippen molar-refractivity contribution in [3.05, 3.63) is 35.9 Å². The predicted octanol–water partition coefficient (Wildman–Crippen LogP) is 1.62. The summed E-state index contributed by atoms with van der Waals surface area (Å²) in [6.07, 6.45) is 0.791. The molecule has 0 unspecified atom stereocenters. The van der Waals surface area contributed by atoms with Gasteiger partial charge in [0.25, 0.3) is 0 Å². The molecule has 0 aliphatic carbocycles. The maximum atomic E-state index is 5.65. The Morgan fingerprint density at radius 3 is 2.37 bits per heavy atom. The number of anilines is 1. The number of hydrogen-bond donors (Lipinski definition) is 0. The lowest BCUT2D eigenvalue weighted by molar-refractivity contribution is -0.0352. The van der Waals surface area contributed by atoms with Gasteiger partial charge in [0, 0.05) is 58.8 Å². The molecular formula is C27H35N9O2. The number of imidazole rings is 2. The Balaban J connectivity index is 1.26. The first kappa shape index (κ1) is 24.0. The highest BCUT2D eigenvalue weighted by atomic mass is 16.5. The van der Waals surface area contributed by atoms with Crippen LogP contribution in [0.25, 0.3) is 28.1 Å². The molecule has 0 atom stereocenters. The largest absolute Gasteiger partial charge is 0.379 e. The molecule has 3 fully saturated rings. The highest BCUT2D eigenvalue weighted by Crippen LogP contribution is 2.29. The van der Waals surface area contributed by atoms with Crippen LogP contribution in [0.1, 0.15) is 18.6 Å². The van der Waals surface area contributed by atoms with E-state index in [0.29, 0.717) is 25.2 Å². The van der Waals surface area contributed by atoms with Crippen LogP contribution < -0.4 is 4.90 Å². The molecule has 4 aromatic rings. The number of nitrogens with zero attached hydrogens (tertiary/aromatic N) is 9. The van der Waals surface area contributed by atoms with Crippen molar-refractivity contribution in [3.63, 3.8) is 0 Å². The van der Waals surface area contributed by atoms with Crippen molar-refractivity contribution >= 4 is 28.0 Å². The lowest BCUT2D eigenvalue weighted by atomic mass is 10.1. The third-order valence-electron chi connectivity index (χ3n) is 8.10. The van der Waals surface area contributed by atoms with Crippen LogP contribution in [0.2, 0.25) is 0 Å². The SMILES string of the molecule is CCc1nc2ccccc2n1-c1nc(N2CCOCC2)c2nc(CN3CC(N4CCOCC4)C3)n(C)c2n1. The number of ether oxygens (including phenoxy) is 2. The van der Waals surface area contributed by atoms with E-state index in [1.807, 2.05) is 18.2 Å². The summed E-state index contributed by atoms with van der Waals surface area (Å²) in [5.41, 5.74) is 3.70. The van der Waals surface area contributed by atoms with Crippen molar-refractivity contribution in [3.8, 4) is 5.95 Å². The molecule has 0 N–H and O–H groups in total. The van der Waals surface area contributed by atoms with Crippen LogP contribution in [0.3, 0.4) is 0 Å². The maximum Gasteiger partial charge on any atom is 0.239 e. The third-order valence-corrected chi connectivity index (χ3v) is 8.10. The smallest absolute Gasteiger partial charge is 0.239 e. The molecule has 0 amide bonds. The minimum absolute atomic E-state index is 0.617. The summed E-state index contributed by atoms with van der Waals surface area (Å²) in [6, 6.07) is 8.82. The molecule has 0 bridgehead atoms. The number of morpholine rings is 2. The summed E-state index contributed by atoms with van der Waals surface area (Å²) in [5.74, 6) is 3.50. The first-order valence-corrected chi connectivity index (χ1v) is 13.8.